The van der Waals surface area contributed by atoms with E-state index in [1.807, 2.05) is 28.0 Å². The van der Waals surface area contributed by atoms with Gasteiger partial charge in [-0.15, -0.1) is 0 Å². The maximum absolute atomic E-state index is 12.8. The molecule has 144 valence electrons. The van der Waals surface area contributed by atoms with E-state index in [4.69, 9.17) is 0 Å². The van der Waals surface area contributed by atoms with Crippen LogP contribution in [0.25, 0.3) is 11.0 Å². The van der Waals surface area contributed by atoms with Crippen LogP contribution in [0, 0.1) is 5.92 Å². The van der Waals surface area contributed by atoms with E-state index in [-0.39, 0.29) is 11.8 Å². The lowest BCUT2D eigenvalue weighted by Gasteiger charge is -2.35. The van der Waals surface area contributed by atoms with Crippen molar-refractivity contribution in [1.29, 1.82) is 0 Å². The molecule has 1 N–H and O–H groups in total. The van der Waals surface area contributed by atoms with Crippen LogP contribution in [0.2, 0.25) is 0 Å². The van der Waals surface area contributed by atoms with Gasteiger partial charge in [0.25, 0.3) is 5.91 Å². The van der Waals surface area contributed by atoms with Gasteiger partial charge in [0.05, 0.1) is 17.4 Å². The number of aromatic amines is 1. The van der Waals surface area contributed by atoms with Gasteiger partial charge in [-0.3, -0.25) is 9.59 Å². The SMILES string of the molecule is O=C(CCC1CCCCC1)N1CCN(C(=O)c2ccc3nc[nH]c3c2)CC1. The molecular formula is C21H28N4O2. The molecule has 0 bridgehead atoms. The Labute approximate surface area is 159 Å². The van der Waals surface area contributed by atoms with E-state index in [9.17, 15) is 9.59 Å². The number of nitrogens with zero attached hydrogens (tertiary/aromatic N) is 3. The van der Waals surface area contributed by atoms with E-state index < -0.39 is 0 Å². The molecule has 0 unspecified atom stereocenters. The topological polar surface area (TPSA) is 69.3 Å². The number of carbonyl (C=O) groups excluding carboxylic acids is 2. The predicted octanol–water partition coefficient (Wildman–Crippen LogP) is 3.21. The van der Waals surface area contributed by atoms with Gasteiger partial charge in [-0.2, -0.15) is 0 Å². The summed E-state index contributed by atoms with van der Waals surface area (Å²) in [6, 6.07) is 5.55. The van der Waals surface area contributed by atoms with Crippen molar-refractivity contribution in [2.24, 2.45) is 5.92 Å². The maximum Gasteiger partial charge on any atom is 0.254 e. The van der Waals surface area contributed by atoms with Crippen molar-refractivity contribution < 1.29 is 9.59 Å². The molecule has 2 aromatic rings. The summed E-state index contributed by atoms with van der Waals surface area (Å²) >= 11 is 0. The van der Waals surface area contributed by atoms with Crippen molar-refractivity contribution in [2.75, 3.05) is 26.2 Å². The molecule has 0 atom stereocenters. The third-order valence-corrected chi connectivity index (χ3v) is 6.08. The lowest BCUT2D eigenvalue weighted by Crippen LogP contribution is -2.50. The standard InChI is InChI=1S/C21H28N4O2/c26-20(9-6-16-4-2-1-3-5-16)24-10-12-25(13-11-24)21(27)17-7-8-18-19(14-17)23-15-22-18/h7-8,14-16H,1-6,9-13H2,(H,22,23). The second-order valence-corrected chi connectivity index (χ2v) is 7.85. The van der Waals surface area contributed by atoms with Gasteiger partial charge in [0.1, 0.15) is 0 Å². The van der Waals surface area contributed by atoms with Crippen molar-refractivity contribution in [1.82, 2.24) is 19.8 Å². The molecule has 1 aromatic heterocycles. The predicted molar refractivity (Wildman–Crippen MR) is 104 cm³/mol. The molecule has 1 aliphatic carbocycles. The fourth-order valence-corrected chi connectivity index (χ4v) is 4.37. The van der Waals surface area contributed by atoms with Gasteiger partial charge in [0, 0.05) is 38.2 Å². The maximum atomic E-state index is 12.8. The molecule has 6 heteroatoms. The lowest BCUT2D eigenvalue weighted by molar-refractivity contribution is -0.133. The first-order valence-corrected chi connectivity index (χ1v) is 10.2. The highest BCUT2D eigenvalue weighted by Crippen LogP contribution is 2.27. The average molecular weight is 368 g/mol. The first-order chi connectivity index (χ1) is 13.2. The highest BCUT2D eigenvalue weighted by molar-refractivity contribution is 5.97. The second-order valence-electron chi connectivity index (χ2n) is 7.85. The van der Waals surface area contributed by atoms with Gasteiger partial charge in [0.15, 0.2) is 0 Å². The van der Waals surface area contributed by atoms with Crippen LogP contribution >= 0.6 is 0 Å². The molecule has 27 heavy (non-hydrogen) atoms. The molecule has 0 radical (unpaired) electrons. The van der Waals surface area contributed by atoms with Crippen LogP contribution in [-0.2, 0) is 4.79 Å². The molecule has 1 saturated carbocycles. The Morgan fingerprint density at radius 2 is 1.78 bits per heavy atom. The Hall–Kier alpha value is -2.37. The Kier molecular flexibility index (Phi) is 5.41. The molecule has 1 aliphatic heterocycles. The Morgan fingerprint density at radius 3 is 2.56 bits per heavy atom. The molecular weight excluding hydrogens is 340 g/mol. The first kappa shape index (κ1) is 18.0. The smallest absolute Gasteiger partial charge is 0.254 e. The molecule has 2 fully saturated rings. The first-order valence-electron chi connectivity index (χ1n) is 10.2. The average Bonchev–Trinajstić information content (AvgIpc) is 3.20. The fraction of sp³-hybridized carbons (Fsp3) is 0.571. The van der Waals surface area contributed by atoms with Gasteiger partial charge in [0.2, 0.25) is 5.91 Å². The van der Waals surface area contributed by atoms with Crippen molar-refractivity contribution in [3.05, 3.63) is 30.1 Å². The zero-order valence-corrected chi connectivity index (χ0v) is 15.8. The van der Waals surface area contributed by atoms with E-state index >= 15 is 0 Å². The summed E-state index contributed by atoms with van der Waals surface area (Å²) in [6.07, 6.45) is 9.90. The number of carbonyl (C=O) groups is 2. The van der Waals surface area contributed by atoms with Gasteiger partial charge in [-0.25, -0.2) is 4.98 Å². The van der Waals surface area contributed by atoms with Crippen molar-refractivity contribution in [3.8, 4) is 0 Å². The number of amides is 2. The fourth-order valence-electron chi connectivity index (χ4n) is 4.37. The second kappa shape index (κ2) is 8.11. The van der Waals surface area contributed by atoms with E-state index in [0.717, 1.165) is 23.4 Å². The van der Waals surface area contributed by atoms with E-state index in [0.29, 0.717) is 38.2 Å². The van der Waals surface area contributed by atoms with Crippen molar-refractivity contribution >= 4 is 22.8 Å². The highest BCUT2D eigenvalue weighted by atomic mass is 16.2. The molecule has 4 rings (SSSR count). The summed E-state index contributed by atoms with van der Waals surface area (Å²) in [6.45, 7) is 2.49. The van der Waals surface area contributed by atoms with Crippen molar-refractivity contribution in [2.45, 2.75) is 44.9 Å². The molecule has 0 spiro atoms. The third-order valence-electron chi connectivity index (χ3n) is 6.08. The van der Waals surface area contributed by atoms with Gasteiger partial charge in [-0.1, -0.05) is 32.1 Å². The van der Waals surface area contributed by atoms with Crippen LogP contribution in [0.1, 0.15) is 55.3 Å². The van der Waals surface area contributed by atoms with Crippen LogP contribution < -0.4 is 0 Å². The lowest BCUT2D eigenvalue weighted by atomic mass is 9.86. The molecule has 1 aromatic carbocycles. The minimum atomic E-state index is 0.0285. The van der Waals surface area contributed by atoms with Crippen LogP contribution in [0.3, 0.4) is 0 Å². The van der Waals surface area contributed by atoms with Crippen LogP contribution in [0.4, 0.5) is 0 Å². The largest absolute Gasteiger partial charge is 0.345 e. The number of rotatable bonds is 4. The molecule has 2 aliphatic rings. The zero-order valence-electron chi connectivity index (χ0n) is 15.8. The molecule has 6 nitrogen and oxygen atoms in total. The van der Waals surface area contributed by atoms with Gasteiger partial charge in [-0.05, 0) is 30.5 Å². The number of piperazine rings is 1. The summed E-state index contributed by atoms with van der Waals surface area (Å²) in [5, 5.41) is 0. The number of aromatic nitrogens is 2. The number of hydrogen-bond acceptors (Lipinski definition) is 3. The number of imidazole rings is 1. The normalized spacial score (nSPS) is 18.8. The van der Waals surface area contributed by atoms with Gasteiger partial charge < -0.3 is 14.8 Å². The summed E-state index contributed by atoms with van der Waals surface area (Å²) in [5.41, 5.74) is 2.40. The molecule has 2 amide bonds. The third kappa shape index (κ3) is 4.15. The Balaban J connectivity index is 1.27. The van der Waals surface area contributed by atoms with E-state index in [1.165, 1.54) is 32.1 Å². The zero-order chi connectivity index (χ0) is 18.6. The highest BCUT2D eigenvalue weighted by Gasteiger charge is 2.25. The van der Waals surface area contributed by atoms with Crippen LogP contribution in [0.5, 0.6) is 0 Å². The Morgan fingerprint density at radius 1 is 1.04 bits per heavy atom. The molecule has 1 saturated heterocycles. The van der Waals surface area contributed by atoms with Crippen LogP contribution in [0.15, 0.2) is 24.5 Å². The summed E-state index contributed by atoms with van der Waals surface area (Å²) < 4.78 is 0. The van der Waals surface area contributed by atoms with E-state index in [1.54, 1.807) is 6.33 Å². The van der Waals surface area contributed by atoms with Crippen LogP contribution in [-0.4, -0.2) is 57.8 Å². The number of fused-ring (bicyclic) bond motifs is 1. The van der Waals surface area contributed by atoms with Gasteiger partial charge >= 0.3 is 0 Å². The number of benzene rings is 1. The quantitative estimate of drug-likeness (QED) is 0.901. The van der Waals surface area contributed by atoms with Crippen molar-refractivity contribution in [3.63, 3.8) is 0 Å². The minimum absolute atomic E-state index is 0.0285. The monoisotopic (exact) mass is 368 g/mol. The summed E-state index contributed by atoms with van der Waals surface area (Å²) in [5.74, 6) is 1.02. The summed E-state index contributed by atoms with van der Waals surface area (Å²) in [7, 11) is 0. The number of nitrogens with one attached hydrogen (secondary N) is 1. The number of hydrogen-bond donors (Lipinski definition) is 1. The number of H-pyrrole nitrogens is 1. The van der Waals surface area contributed by atoms with E-state index in [2.05, 4.69) is 9.97 Å². The molecule has 2 heterocycles. The Bertz CT molecular complexity index is 801. The summed E-state index contributed by atoms with van der Waals surface area (Å²) in [4.78, 5) is 36.3. The minimum Gasteiger partial charge on any atom is -0.345 e.